The number of amides is 1. The van der Waals surface area contributed by atoms with Crippen LogP contribution in [0.2, 0.25) is 5.02 Å². The zero-order valence-corrected chi connectivity index (χ0v) is 12.6. The summed E-state index contributed by atoms with van der Waals surface area (Å²) in [6, 6.07) is 7.57. The van der Waals surface area contributed by atoms with E-state index >= 15 is 0 Å². The van der Waals surface area contributed by atoms with Crippen molar-refractivity contribution in [3.63, 3.8) is 0 Å². The molecule has 0 saturated carbocycles. The molecule has 3 nitrogen and oxygen atoms in total. The molecule has 0 spiro atoms. The SMILES string of the molecule is CC(NC(=O)CSCC1CNC1)c1ccccc1Cl. The second-order valence-corrected chi connectivity index (χ2v) is 6.29. The van der Waals surface area contributed by atoms with Crippen molar-refractivity contribution in [1.29, 1.82) is 0 Å². The van der Waals surface area contributed by atoms with Crippen molar-refractivity contribution in [3.05, 3.63) is 34.9 Å². The maximum Gasteiger partial charge on any atom is 0.230 e. The number of carbonyl (C=O) groups is 1. The normalized spacial score (nSPS) is 16.7. The van der Waals surface area contributed by atoms with Gasteiger partial charge in [-0.15, -0.1) is 0 Å². The molecule has 1 unspecified atom stereocenters. The molecule has 1 aliphatic rings. The molecule has 1 amide bonds. The highest BCUT2D eigenvalue weighted by atomic mass is 35.5. The summed E-state index contributed by atoms with van der Waals surface area (Å²) in [5, 5.41) is 6.92. The fourth-order valence-corrected chi connectivity index (χ4v) is 3.23. The fourth-order valence-electron chi connectivity index (χ4n) is 1.97. The summed E-state index contributed by atoms with van der Waals surface area (Å²) in [6.07, 6.45) is 0. The standard InChI is InChI=1S/C14H19ClN2OS/c1-10(12-4-2-3-5-13(12)15)17-14(18)9-19-8-11-6-16-7-11/h2-5,10-11,16H,6-9H2,1H3,(H,17,18). The fraction of sp³-hybridized carbons (Fsp3) is 0.500. The van der Waals surface area contributed by atoms with Gasteiger partial charge in [-0.1, -0.05) is 29.8 Å². The molecule has 1 fully saturated rings. The molecule has 2 rings (SSSR count). The number of carbonyl (C=O) groups excluding carboxylic acids is 1. The van der Waals surface area contributed by atoms with E-state index in [0.717, 1.165) is 30.3 Å². The Kier molecular flexibility index (Phi) is 5.55. The molecule has 1 aromatic carbocycles. The lowest BCUT2D eigenvalue weighted by molar-refractivity contribution is -0.119. The second kappa shape index (κ2) is 7.17. The quantitative estimate of drug-likeness (QED) is 0.848. The number of thioether (sulfide) groups is 1. The average Bonchev–Trinajstić information content (AvgIpc) is 2.32. The smallest absolute Gasteiger partial charge is 0.230 e. The highest BCUT2D eigenvalue weighted by molar-refractivity contribution is 7.99. The first-order valence-electron chi connectivity index (χ1n) is 6.49. The molecule has 1 aromatic rings. The van der Waals surface area contributed by atoms with Crippen molar-refractivity contribution in [1.82, 2.24) is 10.6 Å². The van der Waals surface area contributed by atoms with E-state index in [-0.39, 0.29) is 11.9 Å². The number of hydrogen-bond donors (Lipinski definition) is 2. The van der Waals surface area contributed by atoms with Crippen LogP contribution in [0, 0.1) is 5.92 Å². The maximum absolute atomic E-state index is 11.8. The third-order valence-electron chi connectivity index (χ3n) is 3.20. The van der Waals surface area contributed by atoms with E-state index in [2.05, 4.69) is 10.6 Å². The average molecular weight is 299 g/mol. The summed E-state index contributed by atoms with van der Waals surface area (Å²) in [6.45, 7) is 4.13. The number of halogens is 1. The Morgan fingerprint density at radius 3 is 2.89 bits per heavy atom. The van der Waals surface area contributed by atoms with Crippen LogP contribution in [0.4, 0.5) is 0 Å². The number of rotatable bonds is 6. The lowest BCUT2D eigenvalue weighted by Crippen LogP contribution is -2.43. The second-order valence-electron chi connectivity index (χ2n) is 4.85. The minimum Gasteiger partial charge on any atom is -0.349 e. The summed E-state index contributed by atoms with van der Waals surface area (Å²) in [5.74, 6) is 2.38. The molecule has 1 aliphatic heterocycles. The molecule has 0 radical (unpaired) electrons. The summed E-state index contributed by atoms with van der Waals surface area (Å²) < 4.78 is 0. The Hall–Kier alpha value is -0.710. The van der Waals surface area contributed by atoms with Crippen molar-refractivity contribution in [2.75, 3.05) is 24.6 Å². The molecule has 0 aromatic heterocycles. The van der Waals surface area contributed by atoms with Crippen molar-refractivity contribution in [3.8, 4) is 0 Å². The number of nitrogens with one attached hydrogen (secondary N) is 2. The van der Waals surface area contributed by atoms with Crippen LogP contribution in [0.3, 0.4) is 0 Å². The van der Waals surface area contributed by atoms with E-state index < -0.39 is 0 Å². The Morgan fingerprint density at radius 1 is 1.53 bits per heavy atom. The summed E-state index contributed by atoms with van der Waals surface area (Å²) in [7, 11) is 0. The summed E-state index contributed by atoms with van der Waals surface area (Å²) >= 11 is 7.81. The van der Waals surface area contributed by atoms with Gasteiger partial charge in [0.15, 0.2) is 0 Å². The van der Waals surface area contributed by atoms with Gasteiger partial charge in [0.2, 0.25) is 5.91 Å². The zero-order chi connectivity index (χ0) is 13.7. The van der Waals surface area contributed by atoms with Gasteiger partial charge in [0.05, 0.1) is 11.8 Å². The van der Waals surface area contributed by atoms with Crippen molar-refractivity contribution < 1.29 is 4.79 Å². The van der Waals surface area contributed by atoms with Crippen LogP contribution in [0.15, 0.2) is 24.3 Å². The van der Waals surface area contributed by atoms with Crippen LogP contribution < -0.4 is 10.6 Å². The van der Waals surface area contributed by atoms with Crippen molar-refractivity contribution >= 4 is 29.3 Å². The predicted molar refractivity (Wildman–Crippen MR) is 81.7 cm³/mol. The van der Waals surface area contributed by atoms with Gasteiger partial charge >= 0.3 is 0 Å². The van der Waals surface area contributed by atoms with E-state index in [1.54, 1.807) is 11.8 Å². The van der Waals surface area contributed by atoms with Crippen molar-refractivity contribution in [2.24, 2.45) is 5.92 Å². The predicted octanol–water partition coefficient (Wildman–Crippen LogP) is 2.47. The summed E-state index contributed by atoms with van der Waals surface area (Å²) in [4.78, 5) is 11.8. The van der Waals surface area contributed by atoms with Gasteiger partial charge in [-0.2, -0.15) is 11.8 Å². The number of benzene rings is 1. The Morgan fingerprint density at radius 2 is 2.26 bits per heavy atom. The minimum atomic E-state index is -0.0489. The maximum atomic E-state index is 11.8. The Balaban J connectivity index is 1.73. The third kappa shape index (κ3) is 4.41. The molecule has 1 heterocycles. The van der Waals surface area contributed by atoms with Gasteiger partial charge in [0.25, 0.3) is 0 Å². The molecular formula is C14H19ClN2OS. The van der Waals surface area contributed by atoms with E-state index in [1.807, 2.05) is 31.2 Å². The van der Waals surface area contributed by atoms with E-state index in [4.69, 9.17) is 11.6 Å². The third-order valence-corrected chi connectivity index (χ3v) is 4.72. The van der Waals surface area contributed by atoms with E-state index in [9.17, 15) is 4.79 Å². The van der Waals surface area contributed by atoms with Gasteiger partial charge in [-0.25, -0.2) is 0 Å². The van der Waals surface area contributed by atoms with Gasteiger partial charge in [-0.3, -0.25) is 4.79 Å². The van der Waals surface area contributed by atoms with Crippen LogP contribution in [-0.2, 0) is 4.79 Å². The van der Waals surface area contributed by atoms with Crippen LogP contribution in [-0.4, -0.2) is 30.5 Å². The first kappa shape index (κ1) is 14.7. The Bertz CT molecular complexity index is 437. The van der Waals surface area contributed by atoms with E-state index in [1.165, 1.54) is 0 Å². The molecule has 1 saturated heterocycles. The monoisotopic (exact) mass is 298 g/mol. The first-order valence-corrected chi connectivity index (χ1v) is 8.02. The molecular weight excluding hydrogens is 280 g/mol. The highest BCUT2D eigenvalue weighted by Gasteiger charge is 2.17. The Labute approximate surface area is 123 Å². The molecule has 104 valence electrons. The first-order chi connectivity index (χ1) is 9.16. The van der Waals surface area contributed by atoms with Crippen molar-refractivity contribution in [2.45, 2.75) is 13.0 Å². The summed E-state index contributed by atoms with van der Waals surface area (Å²) in [5.41, 5.74) is 0.964. The topological polar surface area (TPSA) is 41.1 Å². The lowest BCUT2D eigenvalue weighted by atomic mass is 10.1. The molecule has 2 N–H and O–H groups in total. The van der Waals surface area contributed by atoms with Gasteiger partial charge in [0.1, 0.15) is 0 Å². The van der Waals surface area contributed by atoms with Crippen LogP contribution in [0.1, 0.15) is 18.5 Å². The van der Waals surface area contributed by atoms with Gasteiger partial charge in [0, 0.05) is 5.02 Å². The highest BCUT2D eigenvalue weighted by Crippen LogP contribution is 2.22. The van der Waals surface area contributed by atoms with Gasteiger partial charge < -0.3 is 10.6 Å². The number of hydrogen-bond acceptors (Lipinski definition) is 3. The molecule has 1 atom stereocenters. The lowest BCUT2D eigenvalue weighted by Gasteiger charge is -2.26. The molecule has 0 aliphatic carbocycles. The van der Waals surface area contributed by atoms with E-state index in [0.29, 0.717) is 10.8 Å². The van der Waals surface area contributed by atoms with Crippen LogP contribution >= 0.6 is 23.4 Å². The zero-order valence-electron chi connectivity index (χ0n) is 11.0. The van der Waals surface area contributed by atoms with Gasteiger partial charge in [-0.05, 0) is 43.3 Å². The van der Waals surface area contributed by atoms with Crippen LogP contribution in [0.5, 0.6) is 0 Å². The molecule has 19 heavy (non-hydrogen) atoms. The van der Waals surface area contributed by atoms with Crippen LogP contribution in [0.25, 0.3) is 0 Å². The molecule has 5 heteroatoms. The molecule has 0 bridgehead atoms. The minimum absolute atomic E-state index is 0.0489. The largest absolute Gasteiger partial charge is 0.349 e.